The lowest BCUT2D eigenvalue weighted by Gasteiger charge is -2.34. The van der Waals surface area contributed by atoms with Gasteiger partial charge >= 0.3 is 0 Å². The molecule has 24 heavy (non-hydrogen) atoms. The molecule has 0 radical (unpaired) electrons. The maximum Gasteiger partial charge on any atom is 0.0410 e. The van der Waals surface area contributed by atoms with Gasteiger partial charge in [-0.15, -0.1) is 0 Å². The topological polar surface area (TPSA) is 6.48 Å². The molecule has 0 N–H and O–H groups in total. The number of likely N-dealkylation sites (tertiary alicyclic amines) is 1. The van der Waals surface area contributed by atoms with E-state index in [0.717, 1.165) is 10.9 Å². The predicted molar refractivity (Wildman–Crippen MR) is 105 cm³/mol. The summed E-state index contributed by atoms with van der Waals surface area (Å²) in [5, 5.41) is 0.876. The maximum atomic E-state index is 6.15. The second-order valence-electron chi connectivity index (χ2n) is 7.64. The molecule has 0 atom stereocenters. The minimum atomic E-state index is 0.876. The Labute approximate surface area is 153 Å². The Balaban J connectivity index is 1.40. The third-order valence-electron chi connectivity index (χ3n) is 5.83. The molecule has 0 aromatic heterocycles. The third-order valence-corrected chi connectivity index (χ3v) is 6.07. The molecule has 3 heteroatoms. The Bertz CT molecular complexity index is 509. The summed E-state index contributed by atoms with van der Waals surface area (Å²) < 4.78 is 0. The number of anilines is 1. The summed E-state index contributed by atoms with van der Waals surface area (Å²) >= 11 is 6.15. The molecule has 2 nitrogen and oxygen atoms in total. The monoisotopic (exact) mass is 348 g/mol. The largest absolute Gasteiger partial charge is 0.371 e. The fourth-order valence-electron chi connectivity index (χ4n) is 4.35. The normalized spacial score (nSPS) is 19.5. The molecule has 0 saturated carbocycles. The van der Waals surface area contributed by atoms with Crippen LogP contribution in [-0.4, -0.2) is 37.6 Å². The smallest absolute Gasteiger partial charge is 0.0410 e. The van der Waals surface area contributed by atoms with Crippen molar-refractivity contribution >= 4 is 17.3 Å². The fraction of sp³-hybridized carbons (Fsp3) is 0.714. The molecule has 134 valence electrons. The van der Waals surface area contributed by atoms with Crippen LogP contribution in [0.3, 0.4) is 0 Å². The van der Waals surface area contributed by atoms with Crippen molar-refractivity contribution in [2.24, 2.45) is 5.92 Å². The molecule has 1 saturated heterocycles. The van der Waals surface area contributed by atoms with Gasteiger partial charge in [0.15, 0.2) is 0 Å². The van der Waals surface area contributed by atoms with Gasteiger partial charge in [0.05, 0.1) is 0 Å². The molecule has 1 fully saturated rings. The van der Waals surface area contributed by atoms with Gasteiger partial charge in [-0.3, -0.25) is 0 Å². The number of nitrogens with zero attached hydrogens (tertiary/aromatic N) is 2. The number of unbranched alkanes of at least 4 members (excludes halogenated alkanes) is 1. The molecule has 1 aromatic carbocycles. The molecule has 2 aliphatic heterocycles. The lowest BCUT2D eigenvalue weighted by atomic mass is 9.91. The highest BCUT2D eigenvalue weighted by atomic mass is 35.5. The van der Waals surface area contributed by atoms with Crippen molar-refractivity contribution in [1.29, 1.82) is 0 Å². The quantitative estimate of drug-likeness (QED) is 0.652. The first-order valence-corrected chi connectivity index (χ1v) is 10.4. The van der Waals surface area contributed by atoms with E-state index in [1.165, 1.54) is 95.3 Å². The summed E-state index contributed by atoms with van der Waals surface area (Å²) in [6.07, 6.45) is 10.8. The van der Waals surface area contributed by atoms with Crippen LogP contribution < -0.4 is 4.90 Å². The fourth-order valence-corrected chi connectivity index (χ4v) is 4.55. The Morgan fingerprint density at radius 1 is 1.08 bits per heavy atom. The predicted octanol–water partition coefficient (Wildman–Crippen LogP) is 5.38. The zero-order valence-corrected chi connectivity index (χ0v) is 16.0. The van der Waals surface area contributed by atoms with E-state index in [4.69, 9.17) is 11.6 Å². The van der Waals surface area contributed by atoms with Crippen LogP contribution in [-0.2, 0) is 6.42 Å². The van der Waals surface area contributed by atoms with E-state index < -0.39 is 0 Å². The molecule has 2 aliphatic rings. The number of aryl methyl sites for hydroxylation is 1. The summed E-state index contributed by atoms with van der Waals surface area (Å²) in [6, 6.07) is 6.42. The van der Waals surface area contributed by atoms with E-state index in [2.05, 4.69) is 28.9 Å². The van der Waals surface area contributed by atoms with E-state index in [1.54, 1.807) is 0 Å². The second-order valence-corrected chi connectivity index (χ2v) is 8.08. The Hall–Kier alpha value is -0.730. The SMILES string of the molecule is CCCCC1CCN(CCCN2CCCc3cc(Cl)ccc32)CC1. The standard InChI is InChI=1S/C21H33ClN2/c1-2-3-6-18-10-15-23(16-11-18)12-5-14-24-13-4-7-19-17-20(22)8-9-21(19)24/h8-9,17-18H,2-7,10-16H2,1H3. The van der Waals surface area contributed by atoms with Crippen LogP contribution in [0.1, 0.15) is 57.4 Å². The highest BCUT2D eigenvalue weighted by Gasteiger charge is 2.20. The van der Waals surface area contributed by atoms with Crippen molar-refractivity contribution in [3.63, 3.8) is 0 Å². The second kappa shape index (κ2) is 9.10. The number of rotatable bonds is 7. The highest BCUT2D eigenvalue weighted by Crippen LogP contribution is 2.29. The van der Waals surface area contributed by atoms with Gasteiger partial charge in [0.2, 0.25) is 0 Å². The van der Waals surface area contributed by atoms with Crippen LogP contribution in [0.25, 0.3) is 0 Å². The number of fused-ring (bicyclic) bond motifs is 1. The molecule has 0 aliphatic carbocycles. The molecule has 3 rings (SSSR count). The van der Waals surface area contributed by atoms with Gasteiger partial charge in [-0.1, -0.05) is 37.8 Å². The molecule has 2 heterocycles. The minimum absolute atomic E-state index is 0.876. The Morgan fingerprint density at radius 2 is 1.92 bits per heavy atom. The van der Waals surface area contributed by atoms with Gasteiger partial charge in [-0.25, -0.2) is 0 Å². The highest BCUT2D eigenvalue weighted by molar-refractivity contribution is 6.30. The summed E-state index contributed by atoms with van der Waals surface area (Å²) in [7, 11) is 0. The van der Waals surface area contributed by atoms with Gasteiger partial charge in [-0.2, -0.15) is 0 Å². The van der Waals surface area contributed by atoms with Crippen LogP contribution in [0.15, 0.2) is 18.2 Å². The average molecular weight is 349 g/mol. The average Bonchev–Trinajstić information content (AvgIpc) is 2.61. The van der Waals surface area contributed by atoms with Crippen molar-refractivity contribution in [2.45, 2.75) is 58.3 Å². The van der Waals surface area contributed by atoms with E-state index in [9.17, 15) is 0 Å². The van der Waals surface area contributed by atoms with Crippen LogP contribution in [0.4, 0.5) is 5.69 Å². The van der Waals surface area contributed by atoms with Crippen LogP contribution in [0, 0.1) is 5.92 Å². The van der Waals surface area contributed by atoms with Gasteiger partial charge in [0, 0.05) is 23.8 Å². The van der Waals surface area contributed by atoms with Crippen molar-refractivity contribution in [2.75, 3.05) is 37.6 Å². The third kappa shape index (κ3) is 4.89. The number of halogens is 1. The summed E-state index contributed by atoms with van der Waals surface area (Å²) in [6.45, 7) is 8.60. The van der Waals surface area contributed by atoms with Gasteiger partial charge in [0.1, 0.15) is 0 Å². The van der Waals surface area contributed by atoms with Crippen LogP contribution in [0.2, 0.25) is 5.02 Å². The van der Waals surface area contributed by atoms with Gasteiger partial charge in [0.25, 0.3) is 0 Å². The van der Waals surface area contributed by atoms with Gasteiger partial charge < -0.3 is 9.80 Å². The lowest BCUT2D eigenvalue weighted by Crippen LogP contribution is -2.37. The summed E-state index contributed by atoms with van der Waals surface area (Å²) in [5.74, 6) is 1.000. The minimum Gasteiger partial charge on any atom is -0.371 e. The Morgan fingerprint density at radius 3 is 2.71 bits per heavy atom. The number of piperidine rings is 1. The number of benzene rings is 1. The van der Waals surface area contributed by atoms with E-state index >= 15 is 0 Å². The van der Waals surface area contributed by atoms with Gasteiger partial charge in [-0.05, 0) is 81.4 Å². The molecule has 0 bridgehead atoms. The van der Waals surface area contributed by atoms with Crippen LogP contribution in [0.5, 0.6) is 0 Å². The summed E-state index contributed by atoms with van der Waals surface area (Å²) in [5.41, 5.74) is 2.86. The van der Waals surface area contributed by atoms with E-state index in [1.807, 2.05) is 6.07 Å². The first-order valence-electron chi connectivity index (χ1n) is 10.0. The molecule has 0 unspecified atom stereocenters. The molecular weight excluding hydrogens is 316 g/mol. The molecule has 0 amide bonds. The number of hydrogen-bond donors (Lipinski definition) is 0. The van der Waals surface area contributed by atoms with Crippen molar-refractivity contribution < 1.29 is 0 Å². The molecule has 0 spiro atoms. The zero-order chi connectivity index (χ0) is 16.8. The molecule has 1 aromatic rings. The first-order chi connectivity index (χ1) is 11.8. The Kier molecular flexibility index (Phi) is 6.85. The van der Waals surface area contributed by atoms with E-state index in [-0.39, 0.29) is 0 Å². The number of hydrogen-bond acceptors (Lipinski definition) is 2. The lowest BCUT2D eigenvalue weighted by molar-refractivity contribution is 0.176. The molecular formula is C21H33ClN2. The van der Waals surface area contributed by atoms with Crippen molar-refractivity contribution in [3.05, 3.63) is 28.8 Å². The first kappa shape index (κ1) is 18.1. The maximum absolute atomic E-state index is 6.15. The van der Waals surface area contributed by atoms with Crippen molar-refractivity contribution in [1.82, 2.24) is 4.90 Å². The summed E-state index contributed by atoms with van der Waals surface area (Å²) in [4.78, 5) is 5.26. The van der Waals surface area contributed by atoms with Crippen molar-refractivity contribution in [3.8, 4) is 0 Å². The zero-order valence-electron chi connectivity index (χ0n) is 15.3. The van der Waals surface area contributed by atoms with Crippen LogP contribution >= 0.6 is 11.6 Å². The van der Waals surface area contributed by atoms with E-state index in [0.29, 0.717) is 0 Å².